The summed E-state index contributed by atoms with van der Waals surface area (Å²) in [6.07, 6.45) is 13.0. The zero-order chi connectivity index (χ0) is 72.9. The van der Waals surface area contributed by atoms with Gasteiger partial charge in [-0.1, -0.05) is 176 Å². The van der Waals surface area contributed by atoms with Gasteiger partial charge in [0.15, 0.2) is 0 Å². The molecule has 0 aliphatic carbocycles. The lowest BCUT2D eigenvalue weighted by atomic mass is 9.92. The summed E-state index contributed by atoms with van der Waals surface area (Å²) in [6.45, 7) is 0. The number of hydrogen-bond donors (Lipinski definition) is 0. The molecule has 0 aliphatic heterocycles. The predicted molar refractivity (Wildman–Crippen MR) is 451 cm³/mol. The van der Waals surface area contributed by atoms with E-state index in [1.54, 1.807) is 12.4 Å². The maximum atomic E-state index is 5.25. The van der Waals surface area contributed by atoms with Crippen molar-refractivity contribution in [1.29, 1.82) is 0 Å². The summed E-state index contributed by atoms with van der Waals surface area (Å²) in [5.41, 5.74) is 31.0. The van der Waals surface area contributed by atoms with E-state index >= 15 is 0 Å². The molecular weight excluding hydrogens is 1340 g/mol. The number of hydrogen-bond acceptors (Lipinski definition) is 10. The number of rotatable bonds is 11. The molecule has 0 aliphatic rings. The number of aromatic nitrogens is 10. The maximum absolute atomic E-state index is 5.25. The molecule has 0 amide bonds. The van der Waals surface area contributed by atoms with Crippen LogP contribution in [0, 0.1) is 0 Å². The first-order valence-electron chi connectivity index (χ1n) is 36.7. The van der Waals surface area contributed by atoms with Gasteiger partial charge in [-0.3, -0.25) is 24.9 Å². The third-order valence-electron chi connectivity index (χ3n) is 20.8. The molecule has 0 N–H and O–H groups in total. The Morgan fingerprint density at radius 2 is 0.500 bits per heavy atom. The molecule has 512 valence electrons. The highest BCUT2D eigenvalue weighted by atomic mass is 14.8. The summed E-state index contributed by atoms with van der Waals surface area (Å²) < 4.78 is 0. The van der Waals surface area contributed by atoms with Crippen LogP contribution in [0.25, 0.3) is 210 Å². The largest absolute Gasteiger partial charge is 0.264 e. The Morgan fingerprint density at radius 1 is 0.164 bits per heavy atom. The highest BCUT2D eigenvalue weighted by Crippen LogP contribution is 2.40. The maximum Gasteiger partial charge on any atom is 0.0972 e. The molecule has 110 heavy (non-hydrogen) atoms. The number of fused-ring (bicyclic) bond motifs is 9. The van der Waals surface area contributed by atoms with Crippen LogP contribution >= 0.6 is 0 Å². The van der Waals surface area contributed by atoms with E-state index in [-0.39, 0.29) is 0 Å². The Hall–Kier alpha value is -15.0. The third-order valence-corrected chi connectivity index (χ3v) is 20.8. The van der Waals surface area contributed by atoms with Gasteiger partial charge in [0.25, 0.3) is 0 Å². The highest BCUT2D eigenvalue weighted by Gasteiger charge is 2.17. The first-order valence-corrected chi connectivity index (χ1v) is 36.7. The van der Waals surface area contributed by atoms with Crippen LogP contribution in [0.5, 0.6) is 0 Å². The van der Waals surface area contributed by atoms with Gasteiger partial charge in [-0.2, -0.15) is 0 Å². The van der Waals surface area contributed by atoms with E-state index in [9.17, 15) is 0 Å². The quantitative estimate of drug-likeness (QED) is 0.115. The molecule has 11 aromatic carbocycles. The molecule has 21 aromatic rings. The molecule has 0 spiro atoms. The molecule has 0 saturated carbocycles. The second-order valence-corrected chi connectivity index (χ2v) is 27.6. The Morgan fingerprint density at radius 3 is 0.936 bits per heavy atom. The Balaban J connectivity index is 0.000000145. The van der Waals surface area contributed by atoms with Gasteiger partial charge in [0, 0.05) is 125 Å². The average molecular weight is 1400 g/mol. The summed E-state index contributed by atoms with van der Waals surface area (Å²) in [5, 5.41) is 8.77. The topological polar surface area (TPSA) is 129 Å². The van der Waals surface area contributed by atoms with E-state index in [4.69, 9.17) is 24.9 Å². The molecule has 0 fully saturated rings. The molecule has 0 atom stereocenters. The van der Waals surface area contributed by atoms with E-state index < -0.39 is 0 Å². The van der Waals surface area contributed by atoms with Crippen molar-refractivity contribution in [2.75, 3.05) is 0 Å². The first kappa shape index (κ1) is 64.6. The second-order valence-electron chi connectivity index (χ2n) is 27.6. The van der Waals surface area contributed by atoms with Crippen LogP contribution in [0.2, 0.25) is 0 Å². The van der Waals surface area contributed by atoms with Crippen LogP contribution in [-0.2, 0) is 0 Å². The summed E-state index contributed by atoms with van der Waals surface area (Å²) in [4.78, 5) is 47.9. The van der Waals surface area contributed by atoms with Crippen molar-refractivity contribution in [1.82, 2.24) is 49.8 Å². The Bertz CT molecular complexity index is 7080. The molecule has 0 radical (unpaired) electrons. The molecule has 0 saturated heterocycles. The summed E-state index contributed by atoms with van der Waals surface area (Å²) in [6, 6.07) is 117. The van der Waals surface area contributed by atoms with Crippen molar-refractivity contribution < 1.29 is 0 Å². The molecule has 10 heteroatoms. The summed E-state index contributed by atoms with van der Waals surface area (Å²) >= 11 is 0. The zero-order valence-corrected chi connectivity index (χ0v) is 59.3. The zero-order valence-electron chi connectivity index (χ0n) is 59.3. The van der Waals surface area contributed by atoms with Crippen LogP contribution in [0.15, 0.2) is 377 Å². The van der Waals surface area contributed by atoms with Crippen molar-refractivity contribution in [3.05, 3.63) is 377 Å². The minimum atomic E-state index is 0.912. The molecule has 0 unspecified atom stereocenters. The standard InChI is InChI=1S/C53H33N5.C47H29N5/c1-3-12-52-46(10-1)44(22-25-55-52)41-30-42(45-23-26-56-53-13-4-2-11-47(45)53)32-43(31-41)51-21-17-39-29-36(15-19-50(39)58-51)35-14-18-49-38(28-35)16-20-48(57-49)37-8-5-7-34(27-37)40-9-6-24-54-33-40;1-5-32(40-10-3-23-48-29-40)25-35(6-1)41-21-16-38-26-33(14-19-43(38)50-41)34-15-20-44-39(27-34)17-22-42(51-44)36-7-2-8-37(28-36)45-18-13-31-12-11-30-9-4-24-49-46(30)47(31)52-45/h1-33H;1-29H. The molecule has 10 aromatic heterocycles. The third kappa shape index (κ3) is 12.6. The Labute approximate surface area is 633 Å². The van der Waals surface area contributed by atoms with E-state index in [0.717, 1.165) is 210 Å². The minimum Gasteiger partial charge on any atom is -0.264 e. The van der Waals surface area contributed by atoms with E-state index in [2.05, 4.69) is 328 Å². The number of benzene rings is 11. The van der Waals surface area contributed by atoms with Crippen LogP contribution in [0.4, 0.5) is 0 Å². The smallest absolute Gasteiger partial charge is 0.0972 e. The average Bonchev–Trinajstić information content (AvgIpc) is 0.772. The second kappa shape index (κ2) is 27.8. The fourth-order valence-electron chi connectivity index (χ4n) is 15.2. The van der Waals surface area contributed by atoms with Crippen molar-refractivity contribution in [2.45, 2.75) is 0 Å². The normalized spacial score (nSPS) is 11.5. The van der Waals surface area contributed by atoms with Gasteiger partial charge in [0.1, 0.15) is 0 Å². The number of nitrogens with zero attached hydrogens (tertiary/aromatic N) is 10. The van der Waals surface area contributed by atoms with Gasteiger partial charge in [-0.15, -0.1) is 0 Å². The van der Waals surface area contributed by atoms with Crippen LogP contribution in [0.3, 0.4) is 0 Å². The highest BCUT2D eigenvalue weighted by molar-refractivity contribution is 6.04. The van der Waals surface area contributed by atoms with Gasteiger partial charge >= 0.3 is 0 Å². The van der Waals surface area contributed by atoms with Crippen molar-refractivity contribution >= 4 is 87.2 Å². The van der Waals surface area contributed by atoms with Crippen molar-refractivity contribution in [2.24, 2.45) is 0 Å². The van der Waals surface area contributed by atoms with E-state index in [0.29, 0.717) is 0 Å². The number of pyridine rings is 10. The lowest BCUT2D eigenvalue weighted by Crippen LogP contribution is -1.92. The molecule has 21 rings (SSSR count). The lowest BCUT2D eigenvalue weighted by molar-refractivity contribution is 1.33. The molecular formula is C100H62N10. The molecule has 10 heterocycles. The number of para-hydroxylation sites is 2. The van der Waals surface area contributed by atoms with Gasteiger partial charge < -0.3 is 0 Å². The first-order chi connectivity index (χ1) is 54.4. The van der Waals surface area contributed by atoms with Crippen molar-refractivity contribution in [3.8, 4) is 123 Å². The van der Waals surface area contributed by atoms with E-state index in [1.807, 2.05) is 61.3 Å². The van der Waals surface area contributed by atoms with Gasteiger partial charge in [-0.05, 0) is 213 Å². The van der Waals surface area contributed by atoms with Gasteiger partial charge in [-0.25, -0.2) is 24.9 Å². The predicted octanol–water partition coefficient (Wildman–Crippen LogP) is 24.9. The lowest BCUT2D eigenvalue weighted by Gasteiger charge is -2.14. The summed E-state index contributed by atoms with van der Waals surface area (Å²) in [7, 11) is 0. The fourth-order valence-corrected chi connectivity index (χ4v) is 15.2. The fraction of sp³-hybridized carbons (Fsp3) is 0. The molecule has 0 bridgehead atoms. The van der Waals surface area contributed by atoms with Gasteiger partial charge in [0.05, 0.1) is 72.6 Å². The molecule has 10 nitrogen and oxygen atoms in total. The summed E-state index contributed by atoms with van der Waals surface area (Å²) in [5.74, 6) is 0. The minimum absolute atomic E-state index is 0.912. The van der Waals surface area contributed by atoms with Crippen molar-refractivity contribution in [3.63, 3.8) is 0 Å². The Kier molecular flexibility index (Phi) is 16.3. The monoisotopic (exact) mass is 1400 g/mol. The van der Waals surface area contributed by atoms with Crippen LogP contribution < -0.4 is 0 Å². The van der Waals surface area contributed by atoms with Gasteiger partial charge in [0.2, 0.25) is 0 Å². The van der Waals surface area contributed by atoms with Crippen LogP contribution in [-0.4, -0.2) is 49.8 Å². The SMILES string of the molecule is c1cncc(-c2cccc(-c3ccc4cc(-c5ccc6nc(-c7cc(-c8ccnc9ccccc89)cc(-c8ccnc9ccccc89)c7)ccc6c5)ccc4n3)c2)c1.c1cncc(-c2cccc(-c3ccc4cc(-c5ccc6nc(-c7cccc(-c8ccc9ccc%10cccnc%10c9n8)c7)ccc6c5)ccc4n3)c2)c1. The van der Waals surface area contributed by atoms with Crippen LogP contribution in [0.1, 0.15) is 0 Å². The van der Waals surface area contributed by atoms with E-state index in [1.165, 1.54) is 0 Å².